The van der Waals surface area contributed by atoms with E-state index in [-0.39, 0.29) is 18.3 Å². The van der Waals surface area contributed by atoms with Gasteiger partial charge in [0.2, 0.25) is 0 Å². The molecule has 0 aromatic heterocycles. The molecule has 0 aliphatic rings. The van der Waals surface area contributed by atoms with Gasteiger partial charge in [-0.3, -0.25) is 4.79 Å². The molecule has 0 unspecified atom stereocenters. The minimum atomic E-state index is -0.0827. The van der Waals surface area contributed by atoms with Crippen LogP contribution in [0.3, 0.4) is 0 Å². The standard InChI is InChI=1S/C18H22ClN3O.ClH/c1-21(2)10-11-22(13-14-6-4-3-5-7-14)18(23)16-9-8-15(20)12-17(16)19;/h3-9,12H,10-11,13,20H2,1-2H3;1H. The molecule has 24 heavy (non-hydrogen) atoms. The molecule has 0 aliphatic heterocycles. The first-order valence-electron chi connectivity index (χ1n) is 7.50. The molecule has 0 saturated carbocycles. The number of benzene rings is 2. The van der Waals surface area contributed by atoms with Crippen molar-refractivity contribution in [3.05, 3.63) is 64.7 Å². The number of nitrogens with two attached hydrogens (primary N) is 1. The summed E-state index contributed by atoms with van der Waals surface area (Å²) in [7, 11) is 3.97. The van der Waals surface area contributed by atoms with Crippen LogP contribution in [0, 0.1) is 0 Å². The summed E-state index contributed by atoms with van der Waals surface area (Å²) in [6, 6.07) is 14.9. The second-order valence-electron chi connectivity index (χ2n) is 5.75. The zero-order chi connectivity index (χ0) is 16.8. The van der Waals surface area contributed by atoms with Crippen molar-refractivity contribution in [1.29, 1.82) is 0 Å². The summed E-state index contributed by atoms with van der Waals surface area (Å²) in [5.41, 5.74) is 7.83. The Hall–Kier alpha value is -1.75. The van der Waals surface area contributed by atoms with E-state index in [9.17, 15) is 4.79 Å². The van der Waals surface area contributed by atoms with E-state index >= 15 is 0 Å². The summed E-state index contributed by atoms with van der Waals surface area (Å²) in [5.74, 6) is -0.0827. The van der Waals surface area contributed by atoms with Gasteiger partial charge in [-0.1, -0.05) is 41.9 Å². The van der Waals surface area contributed by atoms with Gasteiger partial charge in [0.05, 0.1) is 10.6 Å². The van der Waals surface area contributed by atoms with Crippen LogP contribution in [0.15, 0.2) is 48.5 Å². The second-order valence-corrected chi connectivity index (χ2v) is 6.16. The quantitative estimate of drug-likeness (QED) is 0.794. The summed E-state index contributed by atoms with van der Waals surface area (Å²) >= 11 is 6.20. The lowest BCUT2D eigenvalue weighted by atomic mass is 10.1. The number of halogens is 2. The lowest BCUT2D eigenvalue weighted by Gasteiger charge is -2.25. The molecule has 0 atom stereocenters. The van der Waals surface area contributed by atoms with Gasteiger partial charge in [-0.25, -0.2) is 0 Å². The SMILES string of the molecule is CN(C)CCN(Cc1ccccc1)C(=O)c1ccc(N)cc1Cl.Cl. The van der Waals surface area contributed by atoms with Crippen molar-refractivity contribution in [2.75, 3.05) is 32.9 Å². The van der Waals surface area contributed by atoms with Crippen LogP contribution < -0.4 is 5.73 Å². The van der Waals surface area contributed by atoms with Gasteiger partial charge >= 0.3 is 0 Å². The molecule has 2 aromatic carbocycles. The molecule has 4 nitrogen and oxygen atoms in total. The van der Waals surface area contributed by atoms with E-state index in [0.717, 1.165) is 12.1 Å². The predicted octanol–water partition coefficient (Wildman–Crippen LogP) is 3.55. The van der Waals surface area contributed by atoms with Gasteiger partial charge in [0.15, 0.2) is 0 Å². The Morgan fingerprint density at radius 1 is 1.08 bits per heavy atom. The maximum atomic E-state index is 12.9. The number of carbonyl (C=O) groups is 1. The molecule has 0 heterocycles. The average Bonchev–Trinajstić information content (AvgIpc) is 2.51. The van der Waals surface area contributed by atoms with E-state index in [4.69, 9.17) is 17.3 Å². The molecule has 130 valence electrons. The summed E-state index contributed by atoms with van der Waals surface area (Å²) in [6.07, 6.45) is 0. The third-order valence-corrected chi connectivity index (χ3v) is 3.86. The number of hydrogen-bond donors (Lipinski definition) is 1. The molecule has 2 aromatic rings. The number of nitrogens with zero attached hydrogens (tertiary/aromatic N) is 2. The minimum Gasteiger partial charge on any atom is -0.399 e. The van der Waals surface area contributed by atoms with Crippen molar-refractivity contribution in [2.24, 2.45) is 0 Å². The second kappa shape index (κ2) is 9.52. The third kappa shape index (κ3) is 5.71. The number of likely N-dealkylation sites (N-methyl/N-ethyl adjacent to an activating group) is 1. The lowest BCUT2D eigenvalue weighted by molar-refractivity contribution is 0.0732. The highest BCUT2D eigenvalue weighted by Crippen LogP contribution is 2.21. The summed E-state index contributed by atoms with van der Waals surface area (Å²) in [6.45, 7) is 1.96. The highest BCUT2D eigenvalue weighted by molar-refractivity contribution is 6.34. The summed E-state index contributed by atoms with van der Waals surface area (Å²) < 4.78 is 0. The molecular formula is C18H23Cl2N3O. The third-order valence-electron chi connectivity index (χ3n) is 3.54. The molecule has 2 rings (SSSR count). The van der Waals surface area contributed by atoms with Crippen molar-refractivity contribution < 1.29 is 4.79 Å². The minimum absolute atomic E-state index is 0. The number of rotatable bonds is 6. The van der Waals surface area contributed by atoms with Gasteiger partial charge in [0.25, 0.3) is 5.91 Å². The van der Waals surface area contributed by atoms with Gasteiger partial charge in [-0.15, -0.1) is 12.4 Å². The fourth-order valence-electron chi connectivity index (χ4n) is 2.25. The number of nitrogen functional groups attached to an aromatic ring is 1. The van der Waals surface area contributed by atoms with Gasteiger partial charge in [0.1, 0.15) is 0 Å². The van der Waals surface area contributed by atoms with E-state index in [1.807, 2.05) is 49.3 Å². The van der Waals surface area contributed by atoms with Gasteiger partial charge in [-0.05, 0) is 37.9 Å². The molecule has 2 N–H and O–H groups in total. The first kappa shape index (κ1) is 20.3. The smallest absolute Gasteiger partial charge is 0.255 e. The van der Waals surface area contributed by atoms with E-state index in [1.54, 1.807) is 18.2 Å². The van der Waals surface area contributed by atoms with Crippen molar-refractivity contribution >= 4 is 35.6 Å². The zero-order valence-electron chi connectivity index (χ0n) is 13.9. The molecule has 6 heteroatoms. The Kier molecular flexibility index (Phi) is 8.05. The Labute approximate surface area is 154 Å². The van der Waals surface area contributed by atoms with E-state index in [1.165, 1.54) is 0 Å². The van der Waals surface area contributed by atoms with Crippen LogP contribution in [0.2, 0.25) is 5.02 Å². The molecule has 0 spiro atoms. The fourth-order valence-corrected chi connectivity index (χ4v) is 2.52. The van der Waals surface area contributed by atoms with Gasteiger partial charge in [0, 0.05) is 25.3 Å². The van der Waals surface area contributed by atoms with E-state index in [0.29, 0.717) is 29.4 Å². The first-order chi connectivity index (χ1) is 11.0. The number of hydrogen-bond acceptors (Lipinski definition) is 3. The number of carbonyl (C=O) groups excluding carboxylic acids is 1. The van der Waals surface area contributed by atoms with E-state index in [2.05, 4.69) is 4.90 Å². The zero-order valence-corrected chi connectivity index (χ0v) is 15.5. The molecule has 0 fully saturated rings. The monoisotopic (exact) mass is 367 g/mol. The molecule has 0 bridgehead atoms. The predicted molar refractivity (Wildman–Crippen MR) is 103 cm³/mol. The Balaban J connectivity index is 0.00000288. The lowest BCUT2D eigenvalue weighted by Crippen LogP contribution is -2.36. The van der Waals surface area contributed by atoms with Gasteiger partial charge < -0.3 is 15.5 Å². The Bertz CT molecular complexity index is 663. The molecule has 0 aliphatic carbocycles. The molecule has 0 saturated heterocycles. The first-order valence-corrected chi connectivity index (χ1v) is 7.88. The summed E-state index contributed by atoms with van der Waals surface area (Å²) in [5, 5.41) is 0.387. The molecule has 1 amide bonds. The van der Waals surface area contributed by atoms with Gasteiger partial charge in [-0.2, -0.15) is 0 Å². The largest absolute Gasteiger partial charge is 0.399 e. The van der Waals surface area contributed by atoms with Crippen molar-refractivity contribution in [3.8, 4) is 0 Å². The Morgan fingerprint density at radius 3 is 2.33 bits per heavy atom. The fraction of sp³-hybridized carbons (Fsp3) is 0.278. The van der Waals surface area contributed by atoms with Crippen LogP contribution in [-0.4, -0.2) is 42.9 Å². The molecule has 0 radical (unpaired) electrons. The van der Waals surface area contributed by atoms with Crippen LogP contribution in [0.4, 0.5) is 5.69 Å². The maximum Gasteiger partial charge on any atom is 0.255 e. The normalized spacial score (nSPS) is 10.3. The summed E-state index contributed by atoms with van der Waals surface area (Å²) in [4.78, 5) is 16.7. The van der Waals surface area contributed by atoms with Crippen LogP contribution in [0.25, 0.3) is 0 Å². The molecular weight excluding hydrogens is 345 g/mol. The maximum absolute atomic E-state index is 12.9. The topological polar surface area (TPSA) is 49.6 Å². The van der Waals surface area contributed by atoms with Crippen molar-refractivity contribution in [1.82, 2.24) is 9.80 Å². The average molecular weight is 368 g/mol. The van der Waals surface area contributed by atoms with Crippen LogP contribution >= 0.6 is 24.0 Å². The highest BCUT2D eigenvalue weighted by Gasteiger charge is 2.19. The number of anilines is 1. The van der Waals surface area contributed by atoms with Crippen LogP contribution in [0.5, 0.6) is 0 Å². The highest BCUT2D eigenvalue weighted by atomic mass is 35.5. The Morgan fingerprint density at radius 2 is 1.75 bits per heavy atom. The van der Waals surface area contributed by atoms with Crippen LogP contribution in [-0.2, 0) is 6.54 Å². The van der Waals surface area contributed by atoms with Crippen molar-refractivity contribution in [3.63, 3.8) is 0 Å². The van der Waals surface area contributed by atoms with Crippen LogP contribution in [0.1, 0.15) is 15.9 Å². The number of amides is 1. The van der Waals surface area contributed by atoms with Crippen molar-refractivity contribution in [2.45, 2.75) is 6.54 Å². The van der Waals surface area contributed by atoms with E-state index < -0.39 is 0 Å².